The average molecular weight is 707 g/mol. The Morgan fingerprint density at radius 3 is 1.45 bits per heavy atom. The zero-order chi connectivity index (χ0) is 37.3. The van der Waals surface area contributed by atoms with E-state index in [1.165, 1.54) is 65.7 Å². The van der Waals surface area contributed by atoms with Crippen molar-refractivity contribution in [3.05, 3.63) is 204 Å². The Kier molecular flexibility index (Phi) is 7.64. The Hall–Kier alpha value is -6.64. The van der Waals surface area contributed by atoms with Gasteiger partial charge in [0.25, 0.3) is 0 Å². The molecule has 1 aliphatic carbocycles. The molecule has 0 radical (unpaired) electrons. The van der Waals surface area contributed by atoms with E-state index >= 15 is 0 Å². The summed E-state index contributed by atoms with van der Waals surface area (Å²) in [6.45, 7) is 9.18. The monoisotopic (exact) mass is 706 g/mol. The summed E-state index contributed by atoms with van der Waals surface area (Å²) < 4.78 is 0. The van der Waals surface area contributed by atoms with Gasteiger partial charge < -0.3 is 9.80 Å². The minimum absolute atomic E-state index is 0.235. The summed E-state index contributed by atoms with van der Waals surface area (Å²) in [6.07, 6.45) is 0. The minimum atomic E-state index is -0.235. The predicted octanol–water partition coefficient (Wildman–Crippen LogP) is 15.0. The molecule has 2 heteroatoms. The molecule has 0 saturated carbocycles. The number of aryl methyl sites for hydroxylation is 2. The lowest BCUT2D eigenvalue weighted by molar-refractivity contribution is 0.672. The molecule has 10 rings (SSSR count). The molecule has 55 heavy (non-hydrogen) atoms. The number of fused-ring (bicyclic) bond motifs is 10. The van der Waals surface area contributed by atoms with Gasteiger partial charge in [-0.25, -0.2) is 0 Å². The second-order valence-electron chi connectivity index (χ2n) is 15.6. The molecule has 0 heterocycles. The molecular weight excluding hydrogens is 665 g/mol. The summed E-state index contributed by atoms with van der Waals surface area (Å²) in [5.74, 6) is 0. The van der Waals surface area contributed by atoms with Crippen LogP contribution in [-0.4, -0.2) is 0 Å². The van der Waals surface area contributed by atoms with E-state index in [4.69, 9.17) is 0 Å². The third-order valence-electron chi connectivity index (χ3n) is 11.6. The van der Waals surface area contributed by atoms with E-state index in [-0.39, 0.29) is 5.41 Å². The predicted molar refractivity (Wildman–Crippen MR) is 235 cm³/mol. The van der Waals surface area contributed by atoms with Gasteiger partial charge in [-0.15, -0.1) is 0 Å². The van der Waals surface area contributed by atoms with E-state index in [2.05, 4.69) is 219 Å². The second-order valence-corrected chi connectivity index (χ2v) is 15.6. The van der Waals surface area contributed by atoms with Crippen LogP contribution in [0.5, 0.6) is 0 Å². The van der Waals surface area contributed by atoms with Gasteiger partial charge in [-0.2, -0.15) is 0 Å². The van der Waals surface area contributed by atoms with E-state index in [1.54, 1.807) is 0 Å². The van der Waals surface area contributed by atoms with Crippen molar-refractivity contribution < 1.29 is 0 Å². The first kappa shape index (κ1) is 33.0. The van der Waals surface area contributed by atoms with Gasteiger partial charge in [-0.3, -0.25) is 0 Å². The molecule has 1 aliphatic rings. The maximum Gasteiger partial charge on any atom is 0.0468 e. The third kappa shape index (κ3) is 5.32. The molecule has 9 aromatic rings. The van der Waals surface area contributed by atoms with Crippen molar-refractivity contribution in [2.24, 2.45) is 0 Å². The normalized spacial score (nSPS) is 12.9. The van der Waals surface area contributed by atoms with Gasteiger partial charge in [0.2, 0.25) is 0 Å². The Bertz CT molecular complexity index is 2920. The second kappa shape index (κ2) is 12.7. The van der Waals surface area contributed by atoms with Crippen molar-refractivity contribution in [2.45, 2.75) is 33.1 Å². The lowest BCUT2D eigenvalue weighted by Crippen LogP contribution is -2.16. The van der Waals surface area contributed by atoms with Crippen molar-refractivity contribution in [3.8, 4) is 11.1 Å². The highest BCUT2D eigenvalue weighted by Gasteiger charge is 2.40. The number of hydrogen-bond donors (Lipinski definition) is 0. The SMILES string of the molecule is Cc1cccc(N(c2ccccc2)c2ccc3c4c(ccc3c2)-c2c(c3ccc(N(c5ccccc5)c5cccc(C)c5)cc3c3ccccc23)C4(C)C)c1. The number of para-hydroxylation sites is 2. The van der Waals surface area contributed by atoms with Gasteiger partial charge in [0.1, 0.15) is 0 Å². The zero-order valence-corrected chi connectivity index (χ0v) is 31.7. The van der Waals surface area contributed by atoms with Crippen molar-refractivity contribution in [1.29, 1.82) is 0 Å². The molecule has 0 aromatic heterocycles. The molecular formula is C53H42N2. The van der Waals surface area contributed by atoms with Gasteiger partial charge in [-0.05, 0) is 152 Å². The van der Waals surface area contributed by atoms with E-state index in [1.807, 2.05) is 0 Å². The standard InChI is InChI=1S/C53H42N2/c1-35-15-13-21-40(31-35)54(38-17-7-5-8-18-38)42-26-29-44-37(33-42)25-28-48-50-46-24-12-11-23-45(46)49-34-43(27-30-47(49)52(50)53(3,4)51(44)48)55(39-19-9-6-10-20-39)41-22-14-16-36(2)32-41/h5-34H,1-4H3. The van der Waals surface area contributed by atoms with Crippen LogP contribution in [-0.2, 0) is 5.41 Å². The molecule has 0 bridgehead atoms. The Morgan fingerprint density at radius 2 is 0.855 bits per heavy atom. The molecule has 0 fully saturated rings. The van der Waals surface area contributed by atoms with Gasteiger partial charge in [0, 0.05) is 39.5 Å². The molecule has 264 valence electrons. The smallest absolute Gasteiger partial charge is 0.0468 e. The minimum Gasteiger partial charge on any atom is -0.310 e. The number of hydrogen-bond acceptors (Lipinski definition) is 2. The first-order valence-electron chi connectivity index (χ1n) is 19.3. The lowest BCUT2D eigenvalue weighted by atomic mass is 9.77. The lowest BCUT2D eigenvalue weighted by Gasteiger charge is -2.28. The largest absolute Gasteiger partial charge is 0.310 e. The first-order valence-corrected chi connectivity index (χ1v) is 19.3. The van der Waals surface area contributed by atoms with Crippen LogP contribution >= 0.6 is 0 Å². The average Bonchev–Trinajstić information content (AvgIpc) is 3.46. The molecule has 0 N–H and O–H groups in total. The summed E-state index contributed by atoms with van der Waals surface area (Å²) >= 11 is 0. The number of anilines is 6. The number of rotatable bonds is 6. The van der Waals surface area contributed by atoms with Crippen LogP contribution in [0.15, 0.2) is 182 Å². The fraction of sp³-hybridized carbons (Fsp3) is 0.0943. The fourth-order valence-corrected chi connectivity index (χ4v) is 9.29. The van der Waals surface area contributed by atoms with Crippen LogP contribution in [0.4, 0.5) is 34.1 Å². The molecule has 0 spiro atoms. The van der Waals surface area contributed by atoms with Crippen LogP contribution < -0.4 is 9.80 Å². The molecule has 0 saturated heterocycles. The van der Waals surface area contributed by atoms with E-state index in [0.29, 0.717) is 0 Å². The Balaban J connectivity index is 1.17. The summed E-state index contributed by atoms with van der Waals surface area (Å²) in [4.78, 5) is 4.75. The van der Waals surface area contributed by atoms with Crippen molar-refractivity contribution in [3.63, 3.8) is 0 Å². The maximum absolute atomic E-state index is 2.43. The summed E-state index contributed by atoms with van der Waals surface area (Å²) in [5.41, 5.74) is 14.7. The molecule has 0 unspecified atom stereocenters. The highest BCUT2D eigenvalue weighted by Crippen LogP contribution is 2.57. The summed E-state index contributed by atoms with van der Waals surface area (Å²) in [5, 5.41) is 7.74. The highest BCUT2D eigenvalue weighted by atomic mass is 15.1. The van der Waals surface area contributed by atoms with Crippen LogP contribution in [0.3, 0.4) is 0 Å². The fourth-order valence-electron chi connectivity index (χ4n) is 9.29. The number of nitrogens with zero attached hydrogens (tertiary/aromatic N) is 2. The van der Waals surface area contributed by atoms with Crippen molar-refractivity contribution >= 4 is 66.4 Å². The Morgan fingerprint density at radius 1 is 0.345 bits per heavy atom. The number of benzene rings is 9. The molecule has 0 aliphatic heterocycles. The zero-order valence-electron chi connectivity index (χ0n) is 31.7. The van der Waals surface area contributed by atoms with E-state index in [9.17, 15) is 0 Å². The molecule has 0 amide bonds. The maximum atomic E-state index is 2.43. The first-order chi connectivity index (χ1) is 26.9. The van der Waals surface area contributed by atoms with Crippen LogP contribution in [0, 0.1) is 13.8 Å². The molecule has 2 nitrogen and oxygen atoms in total. The molecule has 0 atom stereocenters. The van der Waals surface area contributed by atoms with Gasteiger partial charge >= 0.3 is 0 Å². The van der Waals surface area contributed by atoms with Gasteiger partial charge in [-0.1, -0.05) is 123 Å². The van der Waals surface area contributed by atoms with Crippen LogP contribution in [0.2, 0.25) is 0 Å². The van der Waals surface area contributed by atoms with Crippen molar-refractivity contribution in [1.82, 2.24) is 0 Å². The Labute approximate surface area is 323 Å². The van der Waals surface area contributed by atoms with Gasteiger partial charge in [0.05, 0.1) is 0 Å². The molecule has 9 aromatic carbocycles. The van der Waals surface area contributed by atoms with Crippen LogP contribution in [0.1, 0.15) is 36.1 Å². The van der Waals surface area contributed by atoms with E-state index in [0.717, 1.165) is 34.1 Å². The quantitative estimate of drug-likeness (QED) is 0.159. The highest BCUT2D eigenvalue weighted by molar-refractivity contribution is 6.20. The van der Waals surface area contributed by atoms with Gasteiger partial charge in [0.15, 0.2) is 0 Å². The van der Waals surface area contributed by atoms with Crippen LogP contribution in [0.25, 0.3) is 43.4 Å². The van der Waals surface area contributed by atoms with Crippen molar-refractivity contribution in [2.75, 3.05) is 9.80 Å². The van der Waals surface area contributed by atoms with E-state index < -0.39 is 0 Å². The summed E-state index contributed by atoms with van der Waals surface area (Å²) in [6, 6.07) is 66.9. The topological polar surface area (TPSA) is 6.48 Å². The summed E-state index contributed by atoms with van der Waals surface area (Å²) in [7, 11) is 0. The third-order valence-corrected chi connectivity index (χ3v) is 11.6.